The van der Waals surface area contributed by atoms with Crippen molar-refractivity contribution in [3.8, 4) is 5.75 Å². The minimum absolute atomic E-state index is 0.0149. The van der Waals surface area contributed by atoms with E-state index in [0.29, 0.717) is 11.1 Å². The van der Waals surface area contributed by atoms with Crippen molar-refractivity contribution >= 4 is 5.69 Å². The molecular formula is C15H15FN2O3. The third-order valence-electron chi connectivity index (χ3n) is 3.24. The van der Waals surface area contributed by atoms with Crippen LogP contribution < -0.4 is 5.32 Å². The predicted molar refractivity (Wildman–Crippen MR) is 76.4 cm³/mol. The Morgan fingerprint density at radius 3 is 2.76 bits per heavy atom. The van der Waals surface area contributed by atoms with Crippen LogP contribution in [0, 0.1) is 15.9 Å². The van der Waals surface area contributed by atoms with Crippen LogP contribution in [-0.2, 0) is 6.54 Å². The standard InChI is InChI=1S/C15H15FN2O3/c1-10(13-8-12(16)6-7-15(13)19)17-9-11-4-2-3-5-14(11)18(20)21/h2-8,10,17,19H,9H2,1H3. The number of benzene rings is 2. The van der Waals surface area contributed by atoms with Crippen molar-refractivity contribution in [2.24, 2.45) is 0 Å². The molecule has 6 heteroatoms. The average Bonchev–Trinajstić information content (AvgIpc) is 2.47. The maximum Gasteiger partial charge on any atom is 0.273 e. The van der Waals surface area contributed by atoms with Crippen LogP contribution in [-0.4, -0.2) is 10.0 Å². The number of rotatable bonds is 5. The summed E-state index contributed by atoms with van der Waals surface area (Å²) in [6, 6.07) is 9.76. The molecule has 0 bridgehead atoms. The van der Waals surface area contributed by atoms with Crippen LogP contribution in [0.1, 0.15) is 24.1 Å². The van der Waals surface area contributed by atoms with Crippen molar-refractivity contribution in [2.75, 3.05) is 0 Å². The lowest BCUT2D eigenvalue weighted by molar-refractivity contribution is -0.385. The summed E-state index contributed by atoms with van der Waals surface area (Å²) in [5.74, 6) is -0.457. The number of nitrogens with one attached hydrogen (secondary N) is 1. The minimum atomic E-state index is -0.443. The van der Waals surface area contributed by atoms with Crippen molar-refractivity contribution in [3.05, 3.63) is 69.5 Å². The first-order valence-electron chi connectivity index (χ1n) is 6.43. The van der Waals surface area contributed by atoms with Crippen molar-refractivity contribution in [1.29, 1.82) is 0 Å². The van der Waals surface area contributed by atoms with Crippen LogP contribution in [0.3, 0.4) is 0 Å². The van der Waals surface area contributed by atoms with E-state index in [2.05, 4.69) is 5.32 Å². The molecule has 0 aromatic heterocycles. The van der Waals surface area contributed by atoms with Crippen LogP contribution >= 0.6 is 0 Å². The van der Waals surface area contributed by atoms with Gasteiger partial charge in [0.2, 0.25) is 0 Å². The van der Waals surface area contributed by atoms with Gasteiger partial charge in [0, 0.05) is 29.8 Å². The Morgan fingerprint density at radius 1 is 1.33 bits per heavy atom. The quantitative estimate of drug-likeness (QED) is 0.654. The summed E-state index contributed by atoms with van der Waals surface area (Å²) in [6.07, 6.45) is 0. The van der Waals surface area contributed by atoms with Gasteiger partial charge in [-0.2, -0.15) is 0 Å². The number of halogens is 1. The van der Waals surface area contributed by atoms with E-state index in [-0.39, 0.29) is 24.0 Å². The zero-order chi connectivity index (χ0) is 15.4. The molecule has 5 nitrogen and oxygen atoms in total. The lowest BCUT2D eigenvalue weighted by atomic mass is 10.1. The third kappa shape index (κ3) is 3.55. The van der Waals surface area contributed by atoms with Crippen molar-refractivity contribution in [1.82, 2.24) is 5.32 Å². The number of para-hydroxylation sites is 1. The first-order valence-corrected chi connectivity index (χ1v) is 6.43. The zero-order valence-electron chi connectivity index (χ0n) is 11.4. The van der Waals surface area contributed by atoms with Gasteiger partial charge in [0.1, 0.15) is 11.6 Å². The van der Waals surface area contributed by atoms with Gasteiger partial charge in [-0.25, -0.2) is 4.39 Å². The number of hydrogen-bond donors (Lipinski definition) is 2. The van der Waals surface area contributed by atoms with Crippen LogP contribution in [0.25, 0.3) is 0 Å². The molecule has 110 valence electrons. The number of nitrogens with zero attached hydrogens (tertiary/aromatic N) is 1. The van der Waals surface area contributed by atoms with Crippen molar-refractivity contribution in [2.45, 2.75) is 19.5 Å². The second-order valence-electron chi connectivity index (χ2n) is 4.69. The van der Waals surface area contributed by atoms with Gasteiger partial charge < -0.3 is 10.4 Å². The largest absolute Gasteiger partial charge is 0.508 e. The molecule has 0 saturated carbocycles. The topological polar surface area (TPSA) is 75.4 Å². The van der Waals surface area contributed by atoms with E-state index >= 15 is 0 Å². The van der Waals surface area contributed by atoms with E-state index in [4.69, 9.17) is 0 Å². The molecule has 2 N–H and O–H groups in total. The molecule has 0 aliphatic carbocycles. The fourth-order valence-electron chi connectivity index (χ4n) is 2.08. The fourth-order valence-corrected chi connectivity index (χ4v) is 2.08. The van der Waals surface area contributed by atoms with Crippen molar-refractivity contribution in [3.63, 3.8) is 0 Å². The predicted octanol–water partition coefficient (Wildman–Crippen LogP) is 3.29. The second kappa shape index (κ2) is 6.32. The zero-order valence-corrected chi connectivity index (χ0v) is 11.4. The Balaban J connectivity index is 2.13. The smallest absolute Gasteiger partial charge is 0.273 e. The Labute approximate surface area is 121 Å². The molecule has 0 spiro atoms. The monoisotopic (exact) mass is 290 g/mol. The molecule has 0 aliphatic rings. The van der Waals surface area contributed by atoms with E-state index in [1.54, 1.807) is 25.1 Å². The second-order valence-corrected chi connectivity index (χ2v) is 4.69. The summed E-state index contributed by atoms with van der Waals surface area (Å²) in [5, 5.41) is 23.7. The molecule has 0 radical (unpaired) electrons. The fraction of sp³-hybridized carbons (Fsp3) is 0.200. The first-order chi connectivity index (χ1) is 9.99. The SMILES string of the molecule is CC(NCc1ccccc1[N+](=O)[O-])c1cc(F)ccc1O. The highest BCUT2D eigenvalue weighted by atomic mass is 19.1. The molecule has 2 aromatic rings. The summed E-state index contributed by atoms with van der Waals surface area (Å²) in [7, 11) is 0. The lowest BCUT2D eigenvalue weighted by Gasteiger charge is -2.15. The van der Waals surface area contributed by atoms with Gasteiger partial charge in [0.05, 0.1) is 4.92 Å². The first kappa shape index (κ1) is 14.9. The van der Waals surface area contributed by atoms with Gasteiger partial charge in [0.15, 0.2) is 0 Å². The van der Waals surface area contributed by atoms with Crippen molar-refractivity contribution < 1.29 is 14.4 Å². The van der Waals surface area contributed by atoms with E-state index in [1.807, 2.05) is 0 Å². The molecule has 0 aliphatic heterocycles. The van der Waals surface area contributed by atoms with Crippen LogP contribution in [0.5, 0.6) is 5.75 Å². The lowest BCUT2D eigenvalue weighted by Crippen LogP contribution is -2.19. The van der Waals surface area contributed by atoms with E-state index in [0.717, 1.165) is 0 Å². The highest BCUT2D eigenvalue weighted by molar-refractivity contribution is 5.40. The van der Waals surface area contributed by atoms with E-state index in [1.165, 1.54) is 24.3 Å². The van der Waals surface area contributed by atoms with Crippen LogP contribution in [0.2, 0.25) is 0 Å². The number of aromatic hydroxyl groups is 1. The molecule has 1 unspecified atom stereocenters. The summed E-state index contributed by atoms with van der Waals surface area (Å²) in [6.45, 7) is 2.00. The van der Waals surface area contributed by atoms with Gasteiger partial charge in [0.25, 0.3) is 5.69 Å². The van der Waals surface area contributed by atoms with E-state index in [9.17, 15) is 19.6 Å². The highest BCUT2D eigenvalue weighted by Crippen LogP contribution is 2.25. The van der Waals surface area contributed by atoms with Crippen LogP contribution in [0.4, 0.5) is 10.1 Å². The summed E-state index contributed by atoms with van der Waals surface area (Å²) >= 11 is 0. The number of nitro groups is 1. The number of phenolic OH excluding ortho intramolecular Hbond substituents is 1. The maximum absolute atomic E-state index is 13.2. The summed E-state index contributed by atoms with van der Waals surface area (Å²) in [4.78, 5) is 10.5. The third-order valence-corrected chi connectivity index (χ3v) is 3.24. The van der Waals surface area contributed by atoms with Crippen LogP contribution in [0.15, 0.2) is 42.5 Å². The number of hydrogen-bond acceptors (Lipinski definition) is 4. The Bertz CT molecular complexity index is 661. The molecule has 0 saturated heterocycles. The molecular weight excluding hydrogens is 275 g/mol. The Kier molecular flexibility index (Phi) is 4.49. The molecule has 21 heavy (non-hydrogen) atoms. The molecule has 0 heterocycles. The average molecular weight is 290 g/mol. The van der Waals surface area contributed by atoms with Gasteiger partial charge in [-0.3, -0.25) is 10.1 Å². The highest BCUT2D eigenvalue weighted by Gasteiger charge is 2.15. The van der Waals surface area contributed by atoms with Gasteiger partial charge >= 0.3 is 0 Å². The number of nitro benzene ring substituents is 1. The normalized spacial score (nSPS) is 12.1. The van der Waals surface area contributed by atoms with Gasteiger partial charge in [-0.1, -0.05) is 18.2 Å². The molecule has 0 fully saturated rings. The van der Waals surface area contributed by atoms with Gasteiger partial charge in [-0.15, -0.1) is 0 Å². The summed E-state index contributed by atoms with van der Waals surface area (Å²) < 4.78 is 13.2. The Morgan fingerprint density at radius 2 is 2.05 bits per heavy atom. The Hall–Kier alpha value is -2.47. The maximum atomic E-state index is 13.2. The molecule has 1 atom stereocenters. The molecule has 2 rings (SSSR count). The van der Waals surface area contributed by atoms with E-state index < -0.39 is 10.7 Å². The number of phenols is 1. The summed E-state index contributed by atoms with van der Waals surface area (Å²) in [5.41, 5.74) is 0.972. The molecule has 2 aromatic carbocycles. The van der Waals surface area contributed by atoms with Gasteiger partial charge in [-0.05, 0) is 25.1 Å². The minimum Gasteiger partial charge on any atom is -0.508 e. The molecule has 0 amide bonds.